The number of nitrogens with one attached hydrogen (secondary N) is 2. The lowest BCUT2D eigenvalue weighted by atomic mass is 9.96. The summed E-state index contributed by atoms with van der Waals surface area (Å²) in [7, 11) is 0. The largest absolute Gasteiger partial charge is 0.471 e. The van der Waals surface area contributed by atoms with E-state index in [4.69, 9.17) is 0 Å². The molecule has 120 valence electrons. The Bertz CT molecular complexity index is 387. The van der Waals surface area contributed by atoms with E-state index >= 15 is 0 Å². The van der Waals surface area contributed by atoms with Gasteiger partial charge < -0.3 is 15.5 Å². The molecule has 8 heteroatoms. The quantitative estimate of drug-likeness (QED) is 0.805. The van der Waals surface area contributed by atoms with Crippen LogP contribution in [0.25, 0.3) is 0 Å². The van der Waals surface area contributed by atoms with Crippen molar-refractivity contribution in [2.75, 3.05) is 26.2 Å². The number of hydrogen-bond donors (Lipinski definition) is 2. The predicted molar refractivity (Wildman–Crippen MR) is 69.4 cm³/mol. The van der Waals surface area contributed by atoms with Crippen LogP contribution in [0.4, 0.5) is 13.2 Å². The van der Waals surface area contributed by atoms with Crippen LogP contribution in [0.5, 0.6) is 0 Å². The topological polar surface area (TPSA) is 61.4 Å². The number of halogens is 3. The molecule has 5 nitrogen and oxygen atoms in total. The predicted octanol–water partition coefficient (Wildman–Crippen LogP) is 0.655. The molecule has 0 aromatic rings. The molecule has 2 amide bonds. The molecule has 21 heavy (non-hydrogen) atoms. The summed E-state index contributed by atoms with van der Waals surface area (Å²) in [5.74, 6) is -1.67. The van der Waals surface area contributed by atoms with Gasteiger partial charge in [-0.25, -0.2) is 0 Å². The molecular formula is C13H20F3N3O2. The Hall–Kier alpha value is -1.31. The number of hydrogen-bond acceptors (Lipinski definition) is 3. The van der Waals surface area contributed by atoms with Gasteiger partial charge in [0.2, 0.25) is 5.91 Å². The van der Waals surface area contributed by atoms with Gasteiger partial charge in [-0.05, 0) is 38.1 Å². The summed E-state index contributed by atoms with van der Waals surface area (Å²) in [6.45, 7) is 1.50. The summed E-state index contributed by atoms with van der Waals surface area (Å²) in [5.41, 5.74) is 0. The van der Waals surface area contributed by atoms with Gasteiger partial charge in [-0.1, -0.05) is 0 Å². The number of rotatable bonds is 3. The number of carbonyl (C=O) groups is 2. The number of nitrogens with zero attached hydrogens (tertiary/aromatic N) is 1. The molecule has 2 rings (SSSR count). The van der Waals surface area contributed by atoms with Crippen LogP contribution in [0.2, 0.25) is 0 Å². The van der Waals surface area contributed by atoms with Gasteiger partial charge >= 0.3 is 12.1 Å². The van der Waals surface area contributed by atoms with Crippen LogP contribution < -0.4 is 10.6 Å². The Morgan fingerprint density at radius 3 is 2.38 bits per heavy atom. The SMILES string of the molecule is O=C(NCC1CCN(C(=O)C(F)(F)F)CC1)C1CCCN1. The zero-order chi connectivity index (χ0) is 15.5. The zero-order valence-electron chi connectivity index (χ0n) is 11.7. The van der Waals surface area contributed by atoms with Crippen LogP contribution in [-0.2, 0) is 9.59 Å². The van der Waals surface area contributed by atoms with Crippen LogP contribution in [0.1, 0.15) is 25.7 Å². The second-order valence-corrected chi connectivity index (χ2v) is 5.63. The molecule has 1 unspecified atom stereocenters. The van der Waals surface area contributed by atoms with Crippen molar-refractivity contribution in [3.63, 3.8) is 0 Å². The van der Waals surface area contributed by atoms with E-state index in [-0.39, 0.29) is 31.0 Å². The maximum atomic E-state index is 12.3. The van der Waals surface area contributed by atoms with E-state index in [0.717, 1.165) is 24.3 Å². The molecule has 2 aliphatic rings. The average molecular weight is 307 g/mol. The van der Waals surface area contributed by atoms with Gasteiger partial charge in [0.15, 0.2) is 0 Å². The molecule has 2 heterocycles. The lowest BCUT2D eigenvalue weighted by Crippen LogP contribution is -2.48. The van der Waals surface area contributed by atoms with Gasteiger partial charge in [0.1, 0.15) is 0 Å². The first-order valence-corrected chi connectivity index (χ1v) is 7.25. The Labute approximate surface area is 121 Å². The minimum atomic E-state index is -4.80. The summed E-state index contributed by atoms with van der Waals surface area (Å²) in [6.07, 6.45) is -2.02. The highest BCUT2D eigenvalue weighted by Crippen LogP contribution is 2.23. The van der Waals surface area contributed by atoms with Gasteiger partial charge in [0.05, 0.1) is 6.04 Å². The first kappa shape index (κ1) is 16.1. The summed E-state index contributed by atoms with van der Waals surface area (Å²) in [5, 5.41) is 5.93. The van der Waals surface area contributed by atoms with Crippen molar-refractivity contribution < 1.29 is 22.8 Å². The Morgan fingerprint density at radius 2 is 1.86 bits per heavy atom. The van der Waals surface area contributed by atoms with Crippen molar-refractivity contribution in [1.82, 2.24) is 15.5 Å². The third-order valence-corrected chi connectivity index (χ3v) is 4.09. The maximum Gasteiger partial charge on any atom is 0.471 e. The van der Waals surface area contributed by atoms with Gasteiger partial charge in [-0.3, -0.25) is 9.59 Å². The minimum absolute atomic E-state index is 0.0405. The van der Waals surface area contributed by atoms with Crippen molar-refractivity contribution in [3.05, 3.63) is 0 Å². The van der Waals surface area contributed by atoms with E-state index in [1.165, 1.54) is 0 Å². The van der Waals surface area contributed by atoms with Crippen molar-refractivity contribution in [2.45, 2.75) is 37.9 Å². The molecule has 0 aromatic heterocycles. The lowest BCUT2D eigenvalue weighted by Gasteiger charge is -2.32. The van der Waals surface area contributed by atoms with Crippen LogP contribution >= 0.6 is 0 Å². The highest BCUT2D eigenvalue weighted by molar-refractivity contribution is 5.82. The summed E-state index contributed by atoms with van der Waals surface area (Å²) < 4.78 is 36.9. The standard InChI is InChI=1S/C13H20F3N3O2/c14-13(15,16)12(21)19-6-3-9(4-7-19)8-18-11(20)10-2-1-5-17-10/h9-10,17H,1-8H2,(H,18,20). The Kier molecular flexibility index (Phi) is 5.08. The Morgan fingerprint density at radius 1 is 1.19 bits per heavy atom. The van der Waals surface area contributed by atoms with Crippen LogP contribution in [0.15, 0.2) is 0 Å². The zero-order valence-corrected chi connectivity index (χ0v) is 11.7. The molecule has 2 saturated heterocycles. The third-order valence-electron chi connectivity index (χ3n) is 4.09. The first-order chi connectivity index (χ1) is 9.88. The van der Waals surface area contributed by atoms with E-state index < -0.39 is 12.1 Å². The fourth-order valence-corrected chi connectivity index (χ4v) is 2.80. The number of likely N-dealkylation sites (tertiary alicyclic amines) is 1. The summed E-state index contributed by atoms with van der Waals surface area (Å²) >= 11 is 0. The number of piperidine rings is 1. The number of carbonyl (C=O) groups excluding carboxylic acids is 2. The second kappa shape index (κ2) is 6.64. The van der Waals surface area contributed by atoms with E-state index in [0.29, 0.717) is 19.4 Å². The van der Waals surface area contributed by atoms with Crippen LogP contribution in [-0.4, -0.2) is 55.1 Å². The highest BCUT2D eigenvalue weighted by Gasteiger charge is 2.43. The van der Waals surface area contributed by atoms with E-state index in [2.05, 4.69) is 10.6 Å². The summed E-state index contributed by atoms with van der Waals surface area (Å²) in [4.78, 5) is 23.7. The molecule has 1 atom stereocenters. The molecule has 0 saturated carbocycles. The van der Waals surface area contributed by atoms with Gasteiger partial charge in [-0.15, -0.1) is 0 Å². The molecule has 0 spiro atoms. The second-order valence-electron chi connectivity index (χ2n) is 5.63. The first-order valence-electron chi connectivity index (χ1n) is 7.25. The van der Waals surface area contributed by atoms with E-state index in [9.17, 15) is 22.8 Å². The third kappa shape index (κ3) is 4.33. The van der Waals surface area contributed by atoms with Crippen LogP contribution in [0.3, 0.4) is 0 Å². The van der Waals surface area contributed by atoms with Crippen molar-refractivity contribution >= 4 is 11.8 Å². The van der Waals surface area contributed by atoms with Crippen LogP contribution in [0, 0.1) is 5.92 Å². The fraction of sp³-hybridized carbons (Fsp3) is 0.846. The monoisotopic (exact) mass is 307 g/mol. The molecule has 0 aliphatic carbocycles. The molecule has 0 bridgehead atoms. The van der Waals surface area contributed by atoms with E-state index in [1.807, 2.05) is 0 Å². The van der Waals surface area contributed by atoms with Crippen molar-refractivity contribution in [3.8, 4) is 0 Å². The molecular weight excluding hydrogens is 287 g/mol. The lowest BCUT2D eigenvalue weighted by molar-refractivity contribution is -0.186. The van der Waals surface area contributed by atoms with Gasteiger partial charge in [0, 0.05) is 19.6 Å². The number of amides is 2. The Balaban J connectivity index is 1.69. The highest BCUT2D eigenvalue weighted by atomic mass is 19.4. The molecule has 2 aliphatic heterocycles. The molecule has 2 fully saturated rings. The van der Waals surface area contributed by atoms with Gasteiger partial charge in [-0.2, -0.15) is 13.2 Å². The fourth-order valence-electron chi connectivity index (χ4n) is 2.80. The average Bonchev–Trinajstić information content (AvgIpc) is 2.98. The van der Waals surface area contributed by atoms with E-state index in [1.54, 1.807) is 0 Å². The molecule has 0 aromatic carbocycles. The maximum absolute atomic E-state index is 12.3. The molecule has 0 radical (unpaired) electrons. The summed E-state index contributed by atoms with van der Waals surface area (Å²) in [6, 6.07) is -0.142. The number of alkyl halides is 3. The van der Waals surface area contributed by atoms with Crippen molar-refractivity contribution in [2.24, 2.45) is 5.92 Å². The van der Waals surface area contributed by atoms with Crippen molar-refractivity contribution in [1.29, 1.82) is 0 Å². The smallest absolute Gasteiger partial charge is 0.354 e. The molecule has 2 N–H and O–H groups in total. The normalized spacial score (nSPS) is 24.1. The van der Waals surface area contributed by atoms with Gasteiger partial charge in [0.25, 0.3) is 0 Å². The minimum Gasteiger partial charge on any atom is -0.354 e.